The quantitative estimate of drug-likeness (QED) is 0.260. The van der Waals surface area contributed by atoms with Gasteiger partial charge >= 0.3 is 0 Å². The molecule has 29 heavy (non-hydrogen) atoms. The number of rotatable bonds is 6. The number of anilines is 1. The van der Waals surface area contributed by atoms with Crippen LogP contribution in [0.15, 0.2) is 60.7 Å². The number of para-hydroxylation sites is 1. The zero-order valence-corrected chi connectivity index (χ0v) is 17.8. The van der Waals surface area contributed by atoms with Crippen molar-refractivity contribution >= 4 is 75.8 Å². The Morgan fingerprint density at radius 2 is 1.62 bits per heavy atom. The van der Waals surface area contributed by atoms with Gasteiger partial charge in [-0.3, -0.25) is 4.79 Å². The van der Waals surface area contributed by atoms with Crippen molar-refractivity contribution in [3.63, 3.8) is 0 Å². The zero-order valence-electron chi connectivity index (χ0n) is 14.7. The summed E-state index contributed by atoms with van der Waals surface area (Å²) in [5, 5.41) is 18.9. The summed E-state index contributed by atoms with van der Waals surface area (Å²) in [6.07, 6.45) is 1.68. The van der Waals surface area contributed by atoms with Crippen LogP contribution in [0.1, 0.15) is 15.9 Å². The van der Waals surface area contributed by atoms with Gasteiger partial charge in [0.2, 0.25) is 9.70 Å². The molecule has 2 rings (SSSR count). The molecule has 3 N–H and O–H groups in total. The zero-order chi connectivity index (χ0) is 21.4. The molecule has 0 heterocycles. The molecule has 152 valence electrons. The van der Waals surface area contributed by atoms with Crippen LogP contribution in [0.3, 0.4) is 0 Å². The molecule has 1 amide bonds. The number of carbonyl (C=O) groups is 2. The summed E-state index contributed by atoms with van der Waals surface area (Å²) in [5.41, 5.74) is 0.900. The molecule has 0 unspecified atom stereocenters. The third-order valence-electron chi connectivity index (χ3n) is 3.51. The van der Waals surface area contributed by atoms with Crippen molar-refractivity contribution < 1.29 is 14.7 Å². The van der Waals surface area contributed by atoms with Crippen molar-refractivity contribution in [1.82, 2.24) is 10.6 Å². The molecule has 0 bridgehead atoms. The van der Waals surface area contributed by atoms with Crippen molar-refractivity contribution in [2.45, 2.75) is 9.96 Å². The summed E-state index contributed by atoms with van der Waals surface area (Å²) in [7, 11) is 0. The molecule has 2 aromatic rings. The molecule has 0 aliphatic carbocycles. The van der Waals surface area contributed by atoms with E-state index < -0.39 is 21.8 Å². The van der Waals surface area contributed by atoms with Crippen molar-refractivity contribution in [2.75, 3.05) is 5.32 Å². The molecule has 0 aromatic heterocycles. The smallest absolute Gasteiger partial charge is 0.245 e. The minimum absolute atomic E-state index is 0.0673. The number of thiocarbonyl (C=S) groups is 1. The van der Waals surface area contributed by atoms with Gasteiger partial charge in [0, 0.05) is 17.3 Å². The lowest BCUT2D eigenvalue weighted by Crippen LogP contribution is -2.55. The molecule has 1 atom stereocenters. The SMILES string of the molecule is O=C(/C=C/c1ccccc1)N[C@H](NC(=S)Nc1ccccc1C(=O)[O-])C(Cl)(Cl)Cl. The number of hydrogen-bond acceptors (Lipinski definition) is 4. The Morgan fingerprint density at radius 1 is 1.00 bits per heavy atom. The van der Waals surface area contributed by atoms with Crippen LogP contribution in [0.4, 0.5) is 5.69 Å². The average Bonchev–Trinajstić information content (AvgIpc) is 2.66. The van der Waals surface area contributed by atoms with E-state index in [0.29, 0.717) is 0 Å². The number of halogens is 3. The normalized spacial score (nSPS) is 12.2. The Balaban J connectivity index is 2.05. The standard InChI is InChI=1S/C19H16Cl3N3O3S/c20-19(21,22)17(24-15(26)11-10-12-6-2-1-3-7-12)25-18(29)23-14-9-5-4-8-13(14)16(27)28/h1-11,17H,(H,24,26)(H,27,28)(H2,23,25,29)/p-1/b11-10+/t17-/m1/s1. The molecule has 0 fully saturated rings. The van der Waals surface area contributed by atoms with Gasteiger partial charge < -0.3 is 25.9 Å². The number of nitrogens with one attached hydrogen (secondary N) is 3. The fourth-order valence-electron chi connectivity index (χ4n) is 2.19. The molecular formula is C19H15Cl3N3O3S-. The molecule has 0 aliphatic rings. The van der Waals surface area contributed by atoms with Gasteiger partial charge in [0.25, 0.3) is 0 Å². The van der Waals surface area contributed by atoms with Crippen LogP contribution in [0.5, 0.6) is 0 Å². The summed E-state index contributed by atoms with van der Waals surface area (Å²) in [5.74, 6) is -1.91. The van der Waals surface area contributed by atoms with Gasteiger partial charge in [-0.2, -0.15) is 0 Å². The Labute approximate surface area is 187 Å². The Bertz CT molecular complexity index is 918. The summed E-state index contributed by atoms with van der Waals surface area (Å²) in [6, 6.07) is 15.1. The van der Waals surface area contributed by atoms with Crippen molar-refractivity contribution in [3.8, 4) is 0 Å². The molecule has 6 nitrogen and oxygen atoms in total. The third kappa shape index (κ3) is 7.55. The van der Waals surface area contributed by atoms with Gasteiger partial charge in [0.05, 0.1) is 5.97 Å². The van der Waals surface area contributed by atoms with E-state index in [1.165, 1.54) is 24.3 Å². The number of aromatic carboxylic acids is 1. The summed E-state index contributed by atoms with van der Waals surface area (Å²) < 4.78 is -1.95. The van der Waals surface area contributed by atoms with E-state index in [0.717, 1.165) is 5.56 Å². The number of benzene rings is 2. The first-order valence-corrected chi connectivity index (χ1v) is 9.69. The van der Waals surface area contributed by atoms with Gasteiger partial charge in [0.1, 0.15) is 6.17 Å². The minimum atomic E-state index is -1.95. The summed E-state index contributed by atoms with van der Waals surface area (Å²) >= 11 is 22.9. The molecule has 2 aromatic carbocycles. The molecule has 0 radical (unpaired) electrons. The topological polar surface area (TPSA) is 93.3 Å². The van der Waals surface area contributed by atoms with Crippen LogP contribution in [-0.4, -0.2) is 26.9 Å². The minimum Gasteiger partial charge on any atom is -0.545 e. The number of alkyl halides is 3. The number of hydrogen-bond donors (Lipinski definition) is 3. The summed E-state index contributed by atoms with van der Waals surface area (Å²) in [6.45, 7) is 0. The first-order valence-electron chi connectivity index (χ1n) is 8.15. The van der Waals surface area contributed by atoms with E-state index in [1.807, 2.05) is 30.3 Å². The lowest BCUT2D eigenvalue weighted by Gasteiger charge is -2.27. The second-order valence-electron chi connectivity index (χ2n) is 5.66. The van der Waals surface area contributed by atoms with Gasteiger partial charge in [-0.05, 0) is 29.9 Å². The van der Waals surface area contributed by atoms with Crippen molar-refractivity contribution in [3.05, 3.63) is 71.8 Å². The number of carboxylic acid groups (broad SMARTS) is 1. The second kappa shape index (κ2) is 10.5. The molecule has 0 saturated carbocycles. The number of amides is 1. The van der Waals surface area contributed by atoms with Crippen LogP contribution >= 0.6 is 47.0 Å². The first-order chi connectivity index (χ1) is 13.7. The maximum Gasteiger partial charge on any atom is 0.245 e. The lowest BCUT2D eigenvalue weighted by atomic mass is 10.2. The van der Waals surface area contributed by atoms with Crippen LogP contribution in [0.25, 0.3) is 6.08 Å². The third-order valence-corrected chi connectivity index (χ3v) is 4.39. The Hall–Kier alpha value is -2.32. The van der Waals surface area contributed by atoms with Gasteiger partial charge in [-0.1, -0.05) is 83.3 Å². The van der Waals surface area contributed by atoms with Crippen molar-refractivity contribution in [2.24, 2.45) is 0 Å². The highest BCUT2D eigenvalue weighted by atomic mass is 35.6. The van der Waals surface area contributed by atoms with E-state index in [9.17, 15) is 14.7 Å². The predicted octanol–water partition coefficient (Wildman–Crippen LogP) is 2.86. The maximum absolute atomic E-state index is 12.2. The van der Waals surface area contributed by atoms with Gasteiger partial charge in [-0.15, -0.1) is 0 Å². The monoisotopic (exact) mass is 470 g/mol. The van der Waals surface area contributed by atoms with E-state index in [1.54, 1.807) is 12.1 Å². The predicted molar refractivity (Wildman–Crippen MR) is 118 cm³/mol. The molecule has 10 heteroatoms. The highest BCUT2D eigenvalue weighted by molar-refractivity contribution is 7.80. The molecular weight excluding hydrogens is 457 g/mol. The van der Waals surface area contributed by atoms with Gasteiger partial charge in [0.15, 0.2) is 5.11 Å². The van der Waals surface area contributed by atoms with Crippen LogP contribution in [-0.2, 0) is 4.79 Å². The lowest BCUT2D eigenvalue weighted by molar-refractivity contribution is -0.254. The van der Waals surface area contributed by atoms with Crippen molar-refractivity contribution in [1.29, 1.82) is 0 Å². The van der Waals surface area contributed by atoms with E-state index in [2.05, 4.69) is 16.0 Å². The molecule has 0 spiro atoms. The summed E-state index contributed by atoms with van der Waals surface area (Å²) in [4.78, 5) is 23.4. The first kappa shape index (κ1) is 23.0. The maximum atomic E-state index is 12.2. The fourth-order valence-corrected chi connectivity index (χ4v) is 2.74. The average molecular weight is 472 g/mol. The Morgan fingerprint density at radius 3 is 2.24 bits per heavy atom. The Kier molecular flexibility index (Phi) is 8.28. The fraction of sp³-hybridized carbons (Fsp3) is 0.105. The number of carboxylic acids is 1. The van der Waals surface area contributed by atoms with Gasteiger partial charge in [-0.25, -0.2) is 0 Å². The van der Waals surface area contributed by atoms with Crippen LogP contribution < -0.4 is 21.1 Å². The molecule has 0 saturated heterocycles. The number of carbonyl (C=O) groups excluding carboxylic acids is 2. The highest BCUT2D eigenvalue weighted by Crippen LogP contribution is 2.29. The van der Waals surface area contributed by atoms with E-state index >= 15 is 0 Å². The van der Waals surface area contributed by atoms with Crippen LogP contribution in [0, 0.1) is 0 Å². The van der Waals surface area contributed by atoms with E-state index in [-0.39, 0.29) is 16.4 Å². The molecule has 0 aliphatic heterocycles. The van der Waals surface area contributed by atoms with Crippen LogP contribution in [0.2, 0.25) is 0 Å². The second-order valence-corrected chi connectivity index (χ2v) is 8.44. The highest BCUT2D eigenvalue weighted by Gasteiger charge is 2.34. The largest absolute Gasteiger partial charge is 0.545 e. The van der Waals surface area contributed by atoms with E-state index in [4.69, 9.17) is 47.0 Å².